The first kappa shape index (κ1) is 18.7. The topological polar surface area (TPSA) is 92.4 Å². The normalized spacial score (nSPS) is 11.8. The molecule has 0 saturated heterocycles. The molecule has 2 N–H and O–H groups in total. The van der Waals surface area contributed by atoms with Gasteiger partial charge in [0.05, 0.1) is 5.02 Å². The number of aromatic nitrogens is 1. The Balaban J connectivity index is 1.88. The van der Waals surface area contributed by atoms with Crippen molar-refractivity contribution >= 4 is 23.5 Å². The molecule has 1 amide bonds. The molecule has 6 nitrogen and oxygen atoms in total. The fourth-order valence-corrected chi connectivity index (χ4v) is 2.98. The average molecular weight is 385 g/mol. The second kappa shape index (κ2) is 8.05. The van der Waals surface area contributed by atoms with E-state index < -0.39 is 17.9 Å². The summed E-state index contributed by atoms with van der Waals surface area (Å²) < 4.78 is 5.17. The Morgan fingerprint density at radius 2 is 1.81 bits per heavy atom. The van der Waals surface area contributed by atoms with Crippen LogP contribution in [0.2, 0.25) is 5.02 Å². The maximum atomic E-state index is 12.8. The number of hydrogen-bond donors (Lipinski definition) is 2. The minimum atomic E-state index is -1.12. The van der Waals surface area contributed by atoms with Gasteiger partial charge in [-0.25, -0.2) is 4.79 Å². The van der Waals surface area contributed by atoms with Gasteiger partial charge in [-0.05, 0) is 18.6 Å². The zero-order valence-electron chi connectivity index (χ0n) is 14.5. The Morgan fingerprint density at radius 1 is 1.15 bits per heavy atom. The maximum Gasteiger partial charge on any atom is 0.326 e. The number of nitrogens with zero attached hydrogens (tertiary/aromatic N) is 1. The van der Waals surface area contributed by atoms with Crippen molar-refractivity contribution in [2.75, 3.05) is 0 Å². The molecule has 1 aromatic heterocycles. The van der Waals surface area contributed by atoms with E-state index in [4.69, 9.17) is 16.1 Å². The van der Waals surface area contributed by atoms with Gasteiger partial charge in [-0.1, -0.05) is 65.3 Å². The SMILES string of the molecule is Cc1onc(-c2ccccc2Cl)c1C(=O)N[C@H](Cc1ccccc1)C(=O)O. The quantitative estimate of drug-likeness (QED) is 0.675. The van der Waals surface area contributed by atoms with E-state index >= 15 is 0 Å². The molecular formula is C20H17ClN2O4. The average Bonchev–Trinajstić information content (AvgIpc) is 3.03. The highest BCUT2D eigenvalue weighted by Crippen LogP contribution is 2.31. The molecule has 0 unspecified atom stereocenters. The minimum Gasteiger partial charge on any atom is -0.480 e. The molecule has 0 spiro atoms. The first-order chi connectivity index (χ1) is 13.0. The molecule has 3 rings (SSSR count). The summed E-state index contributed by atoms with van der Waals surface area (Å²) in [5.74, 6) is -1.42. The van der Waals surface area contributed by atoms with Gasteiger partial charge in [0.15, 0.2) is 0 Å². The zero-order chi connectivity index (χ0) is 19.4. The van der Waals surface area contributed by atoms with Crippen LogP contribution in [0.3, 0.4) is 0 Å². The molecule has 0 bridgehead atoms. The lowest BCUT2D eigenvalue weighted by Gasteiger charge is -2.15. The van der Waals surface area contributed by atoms with Crippen LogP contribution in [0.1, 0.15) is 21.7 Å². The summed E-state index contributed by atoms with van der Waals surface area (Å²) in [5, 5.41) is 16.4. The van der Waals surface area contributed by atoms with Crippen LogP contribution in [0.15, 0.2) is 59.1 Å². The van der Waals surface area contributed by atoms with Gasteiger partial charge in [0, 0.05) is 12.0 Å². The minimum absolute atomic E-state index is 0.160. The van der Waals surface area contributed by atoms with Crippen LogP contribution < -0.4 is 5.32 Å². The third-order valence-electron chi connectivity index (χ3n) is 4.10. The zero-order valence-corrected chi connectivity index (χ0v) is 15.2. The summed E-state index contributed by atoms with van der Waals surface area (Å²) in [7, 11) is 0. The van der Waals surface area contributed by atoms with Crippen molar-refractivity contribution < 1.29 is 19.2 Å². The monoisotopic (exact) mass is 384 g/mol. The second-order valence-corrected chi connectivity index (χ2v) is 6.40. The molecule has 0 aliphatic rings. The van der Waals surface area contributed by atoms with Crippen LogP contribution in [0, 0.1) is 6.92 Å². The fourth-order valence-electron chi connectivity index (χ4n) is 2.76. The number of halogens is 1. The Kier molecular flexibility index (Phi) is 5.57. The lowest BCUT2D eigenvalue weighted by atomic mass is 10.0. The highest BCUT2D eigenvalue weighted by Gasteiger charge is 2.27. The van der Waals surface area contributed by atoms with Crippen LogP contribution >= 0.6 is 11.6 Å². The van der Waals surface area contributed by atoms with Crippen LogP contribution in [0.5, 0.6) is 0 Å². The summed E-state index contributed by atoms with van der Waals surface area (Å²) in [4.78, 5) is 24.4. The number of amides is 1. The number of nitrogens with one attached hydrogen (secondary N) is 1. The molecule has 27 heavy (non-hydrogen) atoms. The first-order valence-electron chi connectivity index (χ1n) is 8.26. The standard InChI is InChI=1S/C20H17ClN2O4/c1-12-17(18(23-27-12)14-9-5-6-10-15(14)21)19(24)22-16(20(25)26)11-13-7-3-2-4-8-13/h2-10,16H,11H2,1H3,(H,22,24)(H,25,26)/t16-/m1/s1. The Morgan fingerprint density at radius 3 is 2.48 bits per heavy atom. The molecule has 0 aliphatic carbocycles. The smallest absolute Gasteiger partial charge is 0.326 e. The number of carboxylic acid groups (broad SMARTS) is 1. The van der Waals surface area contributed by atoms with Crippen LogP contribution in [-0.4, -0.2) is 28.2 Å². The summed E-state index contributed by atoms with van der Waals surface area (Å²) in [6.45, 7) is 1.59. The van der Waals surface area contributed by atoms with Crippen molar-refractivity contribution in [2.24, 2.45) is 0 Å². The summed E-state index contributed by atoms with van der Waals surface area (Å²) in [6, 6.07) is 14.9. The summed E-state index contributed by atoms with van der Waals surface area (Å²) >= 11 is 6.20. The van der Waals surface area contributed by atoms with Crippen molar-refractivity contribution in [2.45, 2.75) is 19.4 Å². The van der Waals surface area contributed by atoms with E-state index in [1.165, 1.54) is 0 Å². The van der Waals surface area contributed by atoms with Gasteiger partial charge in [-0.3, -0.25) is 4.79 Å². The molecular weight excluding hydrogens is 368 g/mol. The number of benzene rings is 2. The molecule has 2 aromatic carbocycles. The number of aryl methyl sites for hydroxylation is 1. The van der Waals surface area contributed by atoms with E-state index in [1.807, 2.05) is 30.3 Å². The number of aliphatic carboxylic acids is 1. The van der Waals surface area contributed by atoms with E-state index in [0.29, 0.717) is 10.6 Å². The van der Waals surface area contributed by atoms with Gasteiger partial charge in [-0.15, -0.1) is 0 Å². The molecule has 0 fully saturated rings. The van der Waals surface area contributed by atoms with Gasteiger partial charge < -0.3 is 14.9 Å². The molecule has 1 heterocycles. The second-order valence-electron chi connectivity index (χ2n) is 6.00. The van der Waals surface area contributed by atoms with Gasteiger partial charge in [-0.2, -0.15) is 0 Å². The van der Waals surface area contributed by atoms with E-state index in [-0.39, 0.29) is 23.4 Å². The molecule has 0 saturated carbocycles. The molecule has 1 atom stereocenters. The Hall–Kier alpha value is -3.12. The predicted molar refractivity (Wildman–Crippen MR) is 101 cm³/mol. The molecule has 3 aromatic rings. The highest BCUT2D eigenvalue weighted by atomic mass is 35.5. The Labute approximate surface area is 160 Å². The van der Waals surface area contributed by atoms with Gasteiger partial charge in [0.1, 0.15) is 23.1 Å². The number of rotatable bonds is 6. The summed E-state index contributed by atoms with van der Waals surface area (Å²) in [6.07, 6.45) is 0.160. The van der Waals surface area contributed by atoms with Crippen LogP contribution in [0.25, 0.3) is 11.3 Å². The van der Waals surface area contributed by atoms with Crippen LogP contribution in [-0.2, 0) is 11.2 Å². The van der Waals surface area contributed by atoms with Crippen molar-refractivity contribution in [1.82, 2.24) is 10.5 Å². The largest absolute Gasteiger partial charge is 0.480 e. The lowest BCUT2D eigenvalue weighted by Crippen LogP contribution is -2.42. The number of carboxylic acids is 1. The highest BCUT2D eigenvalue weighted by molar-refractivity contribution is 6.33. The lowest BCUT2D eigenvalue weighted by molar-refractivity contribution is -0.139. The number of hydrogen-bond acceptors (Lipinski definition) is 4. The number of carbonyl (C=O) groups excluding carboxylic acids is 1. The van der Waals surface area contributed by atoms with Gasteiger partial charge in [0.2, 0.25) is 0 Å². The van der Waals surface area contributed by atoms with Gasteiger partial charge >= 0.3 is 5.97 Å². The molecule has 0 aliphatic heterocycles. The van der Waals surface area contributed by atoms with Crippen molar-refractivity contribution in [3.8, 4) is 11.3 Å². The Bertz CT molecular complexity index is 969. The van der Waals surface area contributed by atoms with Crippen molar-refractivity contribution in [3.05, 3.63) is 76.5 Å². The van der Waals surface area contributed by atoms with E-state index in [0.717, 1.165) is 5.56 Å². The third kappa shape index (κ3) is 4.17. The third-order valence-corrected chi connectivity index (χ3v) is 4.43. The van der Waals surface area contributed by atoms with E-state index in [1.54, 1.807) is 31.2 Å². The maximum absolute atomic E-state index is 12.8. The molecule has 0 radical (unpaired) electrons. The van der Waals surface area contributed by atoms with Crippen molar-refractivity contribution in [3.63, 3.8) is 0 Å². The predicted octanol–water partition coefficient (Wildman–Crippen LogP) is 3.73. The van der Waals surface area contributed by atoms with Gasteiger partial charge in [0.25, 0.3) is 5.91 Å². The summed E-state index contributed by atoms with van der Waals surface area (Å²) in [5.41, 5.74) is 1.79. The van der Waals surface area contributed by atoms with E-state index in [2.05, 4.69) is 10.5 Å². The first-order valence-corrected chi connectivity index (χ1v) is 8.64. The fraction of sp³-hybridized carbons (Fsp3) is 0.150. The molecule has 138 valence electrons. The van der Waals surface area contributed by atoms with Crippen LogP contribution in [0.4, 0.5) is 0 Å². The number of carbonyl (C=O) groups is 2. The van der Waals surface area contributed by atoms with E-state index in [9.17, 15) is 14.7 Å². The van der Waals surface area contributed by atoms with Crippen molar-refractivity contribution in [1.29, 1.82) is 0 Å². The molecule has 7 heteroatoms.